The highest BCUT2D eigenvalue weighted by Crippen LogP contribution is 2.26. The molecule has 1 aromatic heterocycles. The number of carbonyl (C=O) groups excluding carboxylic acids is 1. The van der Waals surface area contributed by atoms with Gasteiger partial charge in [-0.25, -0.2) is 4.98 Å². The second-order valence-electron chi connectivity index (χ2n) is 6.03. The molecule has 3 rings (SSSR count). The van der Waals surface area contributed by atoms with Crippen LogP contribution in [0.25, 0.3) is 0 Å². The summed E-state index contributed by atoms with van der Waals surface area (Å²) in [5.41, 5.74) is 0.552. The van der Waals surface area contributed by atoms with E-state index < -0.39 is 0 Å². The minimum atomic E-state index is 0.0107. The number of aromatic nitrogens is 2. The summed E-state index contributed by atoms with van der Waals surface area (Å²) in [6, 6.07) is 5.19. The summed E-state index contributed by atoms with van der Waals surface area (Å²) in [4.78, 5) is 21.3. The lowest BCUT2D eigenvalue weighted by Gasteiger charge is -2.31. The number of nitrogens with one attached hydrogen (secondary N) is 1. The Morgan fingerprint density at radius 3 is 2.54 bits per heavy atom. The van der Waals surface area contributed by atoms with Gasteiger partial charge in [-0.15, -0.1) is 0 Å². The number of carbonyl (C=O) groups is 1. The highest BCUT2D eigenvalue weighted by atomic mass is 35.5. The Labute approximate surface area is 150 Å². The van der Waals surface area contributed by atoms with E-state index in [-0.39, 0.29) is 5.91 Å². The summed E-state index contributed by atoms with van der Waals surface area (Å²) in [5.74, 6) is 1.85. The first kappa shape index (κ1) is 17.1. The lowest BCUT2D eigenvalue weighted by atomic mass is 9.97. The van der Waals surface area contributed by atoms with Crippen molar-refractivity contribution < 1.29 is 9.53 Å². The van der Waals surface area contributed by atoms with Crippen LogP contribution in [-0.2, 0) is 0 Å². The van der Waals surface area contributed by atoms with Crippen LogP contribution < -0.4 is 4.74 Å². The molecule has 7 heteroatoms. The molecule has 2 heterocycles. The average molecular weight is 368 g/mol. The largest absolute Gasteiger partial charge is 0.493 e. The van der Waals surface area contributed by atoms with E-state index in [1.807, 2.05) is 11.8 Å². The van der Waals surface area contributed by atoms with Crippen molar-refractivity contribution in [1.82, 2.24) is 14.9 Å². The zero-order valence-electron chi connectivity index (χ0n) is 13.4. The maximum absolute atomic E-state index is 12.4. The van der Waals surface area contributed by atoms with E-state index in [1.54, 1.807) is 24.4 Å². The molecule has 0 saturated carbocycles. The third-order valence-electron chi connectivity index (χ3n) is 4.16. The molecule has 1 fully saturated rings. The van der Waals surface area contributed by atoms with E-state index >= 15 is 0 Å². The Kier molecular flexibility index (Phi) is 5.31. The Balaban J connectivity index is 1.49. The van der Waals surface area contributed by atoms with Crippen molar-refractivity contribution in [2.45, 2.75) is 19.8 Å². The van der Waals surface area contributed by atoms with Gasteiger partial charge in [0, 0.05) is 23.1 Å². The normalized spacial score (nSPS) is 15.5. The zero-order chi connectivity index (χ0) is 17.1. The molecule has 1 aliphatic heterocycles. The number of aryl methyl sites for hydroxylation is 1. The molecule has 0 atom stereocenters. The van der Waals surface area contributed by atoms with Crippen LogP contribution in [0.2, 0.25) is 10.0 Å². The zero-order valence-corrected chi connectivity index (χ0v) is 14.9. The van der Waals surface area contributed by atoms with E-state index in [4.69, 9.17) is 27.9 Å². The van der Waals surface area contributed by atoms with Gasteiger partial charge in [0.05, 0.1) is 12.8 Å². The van der Waals surface area contributed by atoms with E-state index in [0.29, 0.717) is 34.0 Å². The summed E-state index contributed by atoms with van der Waals surface area (Å²) in [6.45, 7) is 3.88. The van der Waals surface area contributed by atoms with Crippen molar-refractivity contribution in [1.29, 1.82) is 0 Å². The van der Waals surface area contributed by atoms with Gasteiger partial charge in [-0.2, -0.15) is 0 Å². The van der Waals surface area contributed by atoms with Gasteiger partial charge in [0.1, 0.15) is 17.3 Å². The Hall–Kier alpha value is -1.72. The third kappa shape index (κ3) is 4.22. The van der Waals surface area contributed by atoms with Gasteiger partial charge >= 0.3 is 0 Å². The van der Waals surface area contributed by atoms with Crippen LogP contribution in [-0.4, -0.2) is 40.5 Å². The van der Waals surface area contributed by atoms with Crippen LogP contribution in [0.4, 0.5) is 0 Å². The number of likely N-dealkylation sites (tertiary alicyclic amines) is 1. The molecule has 128 valence electrons. The van der Waals surface area contributed by atoms with Crippen LogP contribution in [0.5, 0.6) is 5.75 Å². The molecule has 0 bridgehead atoms. The summed E-state index contributed by atoms with van der Waals surface area (Å²) in [5, 5.41) is 1.13. The molecule has 1 saturated heterocycles. The third-order valence-corrected chi connectivity index (χ3v) is 4.59. The number of amides is 1. The number of imidazole rings is 1. The molecule has 0 unspecified atom stereocenters. The molecule has 0 spiro atoms. The van der Waals surface area contributed by atoms with E-state index in [2.05, 4.69) is 9.97 Å². The Morgan fingerprint density at radius 2 is 1.96 bits per heavy atom. The van der Waals surface area contributed by atoms with E-state index in [0.717, 1.165) is 31.8 Å². The van der Waals surface area contributed by atoms with Crippen molar-refractivity contribution in [2.75, 3.05) is 19.7 Å². The maximum atomic E-state index is 12.4. The van der Waals surface area contributed by atoms with Crippen molar-refractivity contribution in [3.63, 3.8) is 0 Å². The van der Waals surface area contributed by atoms with Crippen molar-refractivity contribution in [3.8, 4) is 5.75 Å². The molecule has 2 aromatic rings. The number of halogens is 2. The fraction of sp³-hybridized carbons (Fsp3) is 0.412. The highest BCUT2D eigenvalue weighted by molar-refractivity contribution is 6.34. The number of hydrogen-bond acceptors (Lipinski definition) is 3. The number of benzene rings is 1. The molecule has 1 N–H and O–H groups in total. The standard InChI is InChI=1S/C17H19Cl2N3O2/c1-11-20-9-16(21-11)17(23)22-4-2-12(3-5-22)10-24-15-7-13(18)6-14(19)8-15/h6-9,12H,2-5,10H2,1H3,(H,20,21). The minimum absolute atomic E-state index is 0.0107. The first-order valence-corrected chi connectivity index (χ1v) is 8.66. The van der Waals surface area contributed by atoms with Gasteiger partial charge in [0.25, 0.3) is 5.91 Å². The maximum Gasteiger partial charge on any atom is 0.271 e. The molecular formula is C17H19Cl2N3O2. The molecule has 0 aliphatic carbocycles. The lowest BCUT2D eigenvalue weighted by molar-refractivity contribution is 0.0655. The summed E-state index contributed by atoms with van der Waals surface area (Å²) in [6.07, 6.45) is 3.41. The fourth-order valence-electron chi connectivity index (χ4n) is 2.83. The number of piperidine rings is 1. The van der Waals surface area contributed by atoms with E-state index in [9.17, 15) is 4.79 Å². The molecule has 5 nitrogen and oxygen atoms in total. The second kappa shape index (κ2) is 7.45. The molecule has 1 amide bonds. The molecular weight excluding hydrogens is 349 g/mol. The monoisotopic (exact) mass is 367 g/mol. The van der Waals surface area contributed by atoms with Gasteiger partial charge in [-0.1, -0.05) is 23.2 Å². The van der Waals surface area contributed by atoms with Crippen LogP contribution in [0.15, 0.2) is 24.4 Å². The molecule has 0 radical (unpaired) electrons. The first-order chi connectivity index (χ1) is 11.5. The van der Waals surface area contributed by atoms with Crippen molar-refractivity contribution >= 4 is 29.1 Å². The fourth-order valence-corrected chi connectivity index (χ4v) is 3.33. The van der Waals surface area contributed by atoms with Crippen LogP contribution in [0.3, 0.4) is 0 Å². The Morgan fingerprint density at radius 1 is 1.29 bits per heavy atom. The molecule has 1 aromatic carbocycles. The van der Waals surface area contributed by atoms with Crippen LogP contribution in [0.1, 0.15) is 29.2 Å². The SMILES string of the molecule is Cc1ncc(C(=O)N2CCC(COc3cc(Cl)cc(Cl)c3)CC2)[nH]1. The summed E-state index contributed by atoms with van der Waals surface area (Å²) in [7, 11) is 0. The van der Waals surface area contributed by atoms with Gasteiger partial charge < -0.3 is 14.6 Å². The Bertz CT molecular complexity index is 704. The number of rotatable bonds is 4. The van der Waals surface area contributed by atoms with Crippen LogP contribution >= 0.6 is 23.2 Å². The van der Waals surface area contributed by atoms with Crippen LogP contribution in [0, 0.1) is 12.8 Å². The summed E-state index contributed by atoms with van der Waals surface area (Å²) >= 11 is 11.9. The number of ether oxygens (including phenoxy) is 1. The summed E-state index contributed by atoms with van der Waals surface area (Å²) < 4.78 is 5.80. The van der Waals surface area contributed by atoms with Gasteiger partial charge in [0.15, 0.2) is 0 Å². The minimum Gasteiger partial charge on any atom is -0.493 e. The van der Waals surface area contributed by atoms with Gasteiger partial charge in [-0.05, 0) is 43.9 Å². The quantitative estimate of drug-likeness (QED) is 0.889. The van der Waals surface area contributed by atoms with Crippen molar-refractivity contribution in [3.05, 3.63) is 46.0 Å². The van der Waals surface area contributed by atoms with E-state index in [1.165, 1.54) is 0 Å². The van der Waals surface area contributed by atoms with Crippen molar-refractivity contribution in [2.24, 2.45) is 5.92 Å². The number of nitrogens with zero attached hydrogens (tertiary/aromatic N) is 2. The number of aromatic amines is 1. The molecule has 1 aliphatic rings. The number of hydrogen-bond donors (Lipinski definition) is 1. The number of H-pyrrole nitrogens is 1. The average Bonchev–Trinajstić information content (AvgIpc) is 2.98. The van der Waals surface area contributed by atoms with Gasteiger partial charge in [0.2, 0.25) is 0 Å². The van der Waals surface area contributed by atoms with Gasteiger partial charge in [-0.3, -0.25) is 4.79 Å². The molecule has 24 heavy (non-hydrogen) atoms. The topological polar surface area (TPSA) is 58.2 Å². The second-order valence-corrected chi connectivity index (χ2v) is 6.91. The predicted molar refractivity (Wildman–Crippen MR) is 93.9 cm³/mol. The highest BCUT2D eigenvalue weighted by Gasteiger charge is 2.25. The predicted octanol–water partition coefficient (Wildman–Crippen LogP) is 3.96. The smallest absolute Gasteiger partial charge is 0.271 e. The first-order valence-electron chi connectivity index (χ1n) is 7.91. The lowest BCUT2D eigenvalue weighted by Crippen LogP contribution is -2.39.